The highest BCUT2D eigenvalue weighted by atomic mass is 32.2. The molecule has 1 unspecified atom stereocenters. The molecule has 1 heterocycles. The fourth-order valence-corrected chi connectivity index (χ4v) is 3.71. The highest BCUT2D eigenvalue weighted by Crippen LogP contribution is 2.36. The second-order valence-corrected chi connectivity index (χ2v) is 7.23. The van der Waals surface area contributed by atoms with Gasteiger partial charge in [0.1, 0.15) is 11.7 Å². The molecule has 0 bridgehead atoms. The van der Waals surface area contributed by atoms with E-state index in [1.54, 1.807) is 30.3 Å². The van der Waals surface area contributed by atoms with Gasteiger partial charge in [0.2, 0.25) is 5.78 Å². The van der Waals surface area contributed by atoms with Gasteiger partial charge in [-0.05, 0) is 36.8 Å². The minimum absolute atomic E-state index is 0.0449. The van der Waals surface area contributed by atoms with Crippen molar-refractivity contribution in [3.8, 4) is 0 Å². The van der Waals surface area contributed by atoms with Gasteiger partial charge in [-0.3, -0.25) is 14.4 Å². The molecule has 1 aromatic heterocycles. The molecule has 9 heteroatoms. The summed E-state index contributed by atoms with van der Waals surface area (Å²) in [7, 11) is 0. The van der Waals surface area contributed by atoms with E-state index in [1.165, 1.54) is 17.8 Å². The summed E-state index contributed by atoms with van der Waals surface area (Å²) >= 11 is 1.21. The molecule has 1 amide bonds. The SMILES string of the molecule is O=C(O)CCCCSC1=CC(O)c2onc(C(=O)Nc3ccccc3)c2C1=O. The monoisotopic (exact) mass is 402 g/mol. The van der Waals surface area contributed by atoms with Gasteiger partial charge in [0.15, 0.2) is 11.5 Å². The summed E-state index contributed by atoms with van der Waals surface area (Å²) in [6.45, 7) is 0. The number of aromatic nitrogens is 1. The number of hydrogen-bond donors (Lipinski definition) is 3. The fourth-order valence-electron chi connectivity index (χ4n) is 2.68. The molecule has 0 saturated carbocycles. The van der Waals surface area contributed by atoms with Crippen molar-refractivity contribution in [3.05, 3.63) is 58.3 Å². The normalized spacial score (nSPS) is 15.7. The highest BCUT2D eigenvalue weighted by molar-refractivity contribution is 8.04. The number of ketones is 1. The van der Waals surface area contributed by atoms with Crippen LogP contribution in [-0.2, 0) is 4.79 Å². The summed E-state index contributed by atoms with van der Waals surface area (Å²) in [5, 5.41) is 25.2. The molecule has 3 rings (SSSR count). The van der Waals surface area contributed by atoms with Crippen molar-refractivity contribution < 1.29 is 29.1 Å². The van der Waals surface area contributed by atoms with Gasteiger partial charge < -0.3 is 20.1 Å². The van der Waals surface area contributed by atoms with Crippen LogP contribution in [0.1, 0.15) is 52.0 Å². The molecule has 1 aliphatic rings. The van der Waals surface area contributed by atoms with Gasteiger partial charge in [0, 0.05) is 12.1 Å². The van der Waals surface area contributed by atoms with E-state index < -0.39 is 23.8 Å². The third-order valence-corrected chi connectivity index (χ3v) is 5.16. The zero-order chi connectivity index (χ0) is 20.1. The van der Waals surface area contributed by atoms with E-state index in [0.29, 0.717) is 24.3 Å². The minimum atomic E-state index is -1.18. The number of carboxylic acids is 1. The van der Waals surface area contributed by atoms with Gasteiger partial charge in [-0.1, -0.05) is 23.4 Å². The number of benzene rings is 1. The quantitative estimate of drug-likeness (QED) is 0.575. The molecule has 0 spiro atoms. The lowest BCUT2D eigenvalue weighted by Gasteiger charge is -2.15. The first kappa shape index (κ1) is 19.8. The number of hydrogen-bond acceptors (Lipinski definition) is 7. The van der Waals surface area contributed by atoms with Crippen LogP contribution in [0.25, 0.3) is 0 Å². The summed E-state index contributed by atoms with van der Waals surface area (Å²) in [6.07, 6.45) is 1.34. The largest absolute Gasteiger partial charge is 0.481 e. The molecule has 0 aliphatic heterocycles. The van der Waals surface area contributed by atoms with E-state index in [2.05, 4.69) is 10.5 Å². The number of amides is 1. The van der Waals surface area contributed by atoms with E-state index in [0.717, 1.165) is 0 Å². The number of thioether (sulfide) groups is 1. The van der Waals surface area contributed by atoms with Gasteiger partial charge in [0.05, 0.1) is 4.91 Å². The molecule has 3 N–H and O–H groups in total. The Labute approximate surface area is 164 Å². The lowest BCUT2D eigenvalue weighted by molar-refractivity contribution is -0.137. The van der Waals surface area contributed by atoms with Gasteiger partial charge in [-0.2, -0.15) is 0 Å². The van der Waals surface area contributed by atoms with Crippen LogP contribution in [0.2, 0.25) is 0 Å². The van der Waals surface area contributed by atoms with Gasteiger partial charge in [0.25, 0.3) is 5.91 Å². The predicted octanol–water partition coefficient (Wildman–Crippen LogP) is 3.03. The van der Waals surface area contributed by atoms with Crippen LogP contribution in [-0.4, -0.2) is 38.8 Å². The number of fused-ring (bicyclic) bond motifs is 1. The van der Waals surface area contributed by atoms with Crippen molar-refractivity contribution in [2.45, 2.75) is 25.4 Å². The first-order valence-electron chi connectivity index (χ1n) is 8.62. The van der Waals surface area contributed by atoms with Crippen LogP contribution in [0.15, 0.2) is 45.8 Å². The van der Waals surface area contributed by atoms with E-state index in [4.69, 9.17) is 9.63 Å². The van der Waals surface area contributed by atoms with E-state index in [9.17, 15) is 19.5 Å². The van der Waals surface area contributed by atoms with Crippen LogP contribution in [0.5, 0.6) is 0 Å². The fraction of sp³-hybridized carbons (Fsp3) is 0.263. The lowest BCUT2D eigenvalue weighted by atomic mass is 9.98. The number of nitrogens with zero attached hydrogens (tertiary/aromatic N) is 1. The summed E-state index contributed by atoms with van der Waals surface area (Å²) < 4.78 is 5.05. The minimum Gasteiger partial charge on any atom is -0.481 e. The second kappa shape index (κ2) is 8.85. The van der Waals surface area contributed by atoms with Crippen LogP contribution in [0.3, 0.4) is 0 Å². The van der Waals surface area contributed by atoms with E-state index in [1.807, 2.05) is 0 Å². The molecular formula is C19H18N2O6S. The molecule has 1 aromatic carbocycles. The Morgan fingerprint density at radius 1 is 1.21 bits per heavy atom. The van der Waals surface area contributed by atoms with Gasteiger partial charge >= 0.3 is 5.97 Å². The number of para-hydroxylation sites is 1. The smallest absolute Gasteiger partial charge is 0.303 e. The maximum Gasteiger partial charge on any atom is 0.303 e. The predicted molar refractivity (Wildman–Crippen MR) is 102 cm³/mol. The average molecular weight is 402 g/mol. The topological polar surface area (TPSA) is 130 Å². The van der Waals surface area contributed by atoms with E-state index >= 15 is 0 Å². The van der Waals surface area contributed by atoms with Crippen molar-refractivity contribution in [1.82, 2.24) is 5.16 Å². The maximum atomic E-state index is 12.8. The van der Waals surface area contributed by atoms with Crippen LogP contribution < -0.4 is 5.32 Å². The van der Waals surface area contributed by atoms with Crippen molar-refractivity contribution in [1.29, 1.82) is 0 Å². The molecule has 0 fully saturated rings. The molecular weight excluding hydrogens is 384 g/mol. The molecule has 0 saturated heterocycles. The molecule has 0 radical (unpaired) electrons. The van der Waals surface area contributed by atoms with Crippen LogP contribution in [0.4, 0.5) is 5.69 Å². The number of carbonyl (C=O) groups excluding carboxylic acids is 2. The molecule has 8 nitrogen and oxygen atoms in total. The molecule has 2 aromatic rings. The zero-order valence-electron chi connectivity index (χ0n) is 14.8. The third-order valence-electron chi connectivity index (χ3n) is 4.04. The third kappa shape index (κ3) is 4.49. The Hall–Kier alpha value is -2.91. The number of aliphatic carboxylic acids is 1. The summed E-state index contributed by atoms with van der Waals surface area (Å²) in [4.78, 5) is 36.1. The lowest BCUT2D eigenvalue weighted by Crippen LogP contribution is -2.20. The number of aliphatic hydroxyl groups excluding tert-OH is 1. The Bertz CT molecular complexity index is 922. The van der Waals surface area contributed by atoms with Crippen molar-refractivity contribution >= 4 is 35.1 Å². The summed E-state index contributed by atoms with van der Waals surface area (Å²) in [5.74, 6) is -1.45. The number of anilines is 1. The number of carboxylic acid groups (broad SMARTS) is 1. The summed E-state index contributed by atoms with van der Waals surface area (Å²) in [5.41, 5.74) is 0.313. The average Bonchev–Trinajstić information content (AvgIpc) is 3.12. The van der Waals surface area contributed by atoms with Crippen molar-refractivity contribution in [2.24, 2.45) is 0 Å². The zero-order valence-corrected chi connectivity index (χ0v) is 15.6. The number of rotatable bonds is 8. The molecule has 1 aliphatic carbocycles. The number of aliphatic hydroxyl groups is 1. The highest BCUT2D eigenvalue weighted by Gasteiger charge is 2.36. The Kier molecular flexibility index (Phi) is 6.27. The Morgan fingerprint density at radius 2 is 1.96 bits per heavy atom. The first-order chi connectivity index (χ1) is 13.5. The molecule has 28 heavy (non-hydrogen) atoms. The first-order valence-corrected chi connectivity index (χ1v) is 9.61. The van der Waals surface area contributed by atoms with E-state index in [-0.39, 0.29) is 28.3 Å². The second-order valence-electron chi connectivity index (χ2n) is 6.09. The number of nitrogens with one attached hydrogen (secondary N) is 1. The van der Waals surface area contributed by atoms with Crippen LogP contribution >= 0.6 is 11.8 Å². The van der Waals surface area contributed by atoms with Gasteiger partial charge in [-0.15, -0.1) is 11.8 Å². The van der Waals surface area contributed by atoms with Crippen molar-refractivity contribution in [2.75, 3.05) is 11.1 Å². The molecule has 1 atom stereocenters. The number of allylic oxidation sites excluding steroid dienone is 1. The Morgan fingerprint density at radius 3 is 2.68 bits per heavy atom. The standard InChI is InChI=1S/C19H18N2O6S/c22-12-10-13(28-9-5-4-8-14(23)24)17(25)15-16(21-27-18(12)15)19(26)20-11-6-2-1-3-7-11/h1-3,6-7,10,12,22H,4-5,8-9H2,(H,20,26)(H,23,24). The van der Waals surface area contributed by atoms with Crippen molar-refractivity contribution in [3.63, 3.8) is 0 Å². The number of carbonyl (C=O) groups is 3. The number of Topliss-reactive ketones (excluding diaryl/α,β-unsaturated/α-hetero) is 1. The van der Waals surface area contributed by atoms with Gasteiger partial charge in [-0.25, -0.2) is 0 Å². The summed E-state index contributed by atoms with van der Waals surface area (Å²) in [6, 6.07) is 8.70. The van der Waals surface area contributed by atoms with Crippen LogP contribution in [0, 0.1) is 0 Å². The molecule has 146 valence electrons. The number of unbranched alkanes of at least 4 members (excludes halogenated alkanes) is 1. The maximum absolute atomic E-state index is 12.8. The Balaban J connectivity index is 1.71.